The van der Waals surface area contributed by atoms with Gasteiger partial charge in [0.15, 0.2) is 0 Å². The molecule has 1 aliphatic rings. The van der Waals surface area contributed by atoms with Crippen molar-refractivity contribution in [3.63, 3.8) is 0 Å². The molecule has 15 heavy (non-hydrogen) atoms. The van der Waals surface area contributed by atoms with Gasteiger partial charge in [-0.15, -0.1) is 0 Å². The number of hydrogen-bond donors (Lipinski definition) is 2. The zero-order valence-electron chi connectivity index (χ0n) is 9.75. The van der Waals surface area contributed by atoms with E-state index in [1.165, 1.54) is 0 Å². The Hall–Kier alpha value is -0.610. The van der Waals surface area contributed by atoms with E-state index >= 15 is 0 Å². The van der Waals surface area contributed by atoms with Crippen LogP contribution in [0.4, 0.5) is 0 Å². The second-order valence-corrected chi connectivity index (χ2v) is 4.13. The van der Waals surface area contributed by atoms with Crippen molar-refractivity contribution >= 4 is 5.97 Å². The first-order valence-electron chi connectivity index (χ1n) is 5.86. The van der Waals surface area contributed by atoms with Crippen LogP contribution in [0.25, 0.3) is 0 Å². The Bertz CT molecular complexity index is 207. The zero-order chi connectivity index (χ0) is 11.3. The molecule has 0 unspecified atom stereocenters. The van der Waals surface area contributed by atoms with E-state index in [0.717, 1.165) is 32.6 Å². The van der Waals surface area contributed by atoms with Crippen LogP contribution in [-0.4, -0.2) is 47.7 Å². The number of carboxylic acids is 1. The van der Waals surface area contributed by atoms with Crippen molar-refractivity contribution in [3.05, 3.63) is 0 Å². The van der Waals surface area contributed by atoms with Crippen molar-refractivity contribution < 1.29 is 9.90 Å². The minimum Gasteiger partial charge on any atom is -0.480 e. The standard InChI is InChI=1S/C11H22N2O2/c1-3-11(4-2,10(14)15)13-8-5-6-12-7-9-13/h12H,3-9H2,1-2H3,(H,14,15). The number of nitrogens with one attached hydrogen (secondary N) is 1. The lowest BCUT2D eigenvalue weighted by Gasteiger charge is -2.38. The Kier molecular flexibility index (Phi) is 4.54. The summed E-state index contributed by atoms with van der Waals surface area (Å²) in [5, 5.41) is 12.7. The number of hydrogen-bond acceptors (Lipinski definition) is 3. The van der Waals surface area contributed by atoms with Gasteiger partial charge in [0.05, 0.1) is 0 Å². The minimum absolute atomic E-state index is 0.647. The van der Waals surface area contributed by atoms with Gasteiger partial charge in [-0.2, -0.15) is 0 Å². The van der Waals surface area contributed by atoms with Gasteiger partial charge in [-0.1, -0.05) is 13.8 Å². The molecule has 4 nitrogen and oxygen atoms in total. The SMILES string of the molecule is CCC(CC)(C(=O)O)N1CCCNCC1. The topological polar surface area (TPSA) is 52.6 Å². The maximum atomic E-state index is 11.4. The highest BCUT2D eigenvalue weighted by Gasteiger charge is 2.40. The van der Waals surface area contributed by atoms with E-state index in [1.807, 2.05) is 13.8 Å². The lowest BCUT2D eigenvalue weighted by molar-refractivity contribution is -0.152. The summed E-state index contributed by atoms with van der Waals surface area (Å²) >= 11 is 0. The molecule has 0 amide bonds. The van der Waals surface area contributed by atoms with Crippen LogP contribution >= 0.6 is 0 Å². The first-order valence-corrected chi connectivity index (χ1v) is 5.86. The van der Waals surface area contributed by atoms with E-state index in [4.69, 9.17) is 0 Å². The smallest absolute Gasteiger partial charge is 0.324 e. The van der Waals surface area contributed by atoms with Gasteiger partial charge in [-0.05, 0) is 25.8 Å². The fraction of sp³-hybridized carbons (Fsp3) is 0.909. The number of nitrogens with zero attached hydrogens (tertiary/aromatic N) is 1. The molecule has 0 radical (unpaired) electrons. The highest BCUT2D eigenvalue weighted by atomic mass is 16.4. The fourth-order valence-electron chi connectivity index (χ4n) is 2.41. The third-order valence-electron chi connectivity index (χ3n) is 3.51. The molecule has 1 rings (SSSR count). The highest BCUT2D eigenvalue weighted by molar-refractivity contribution is 5.78. The summed E-state index contributed by atoms with van der Waals surface area (Å²) in [5.74, 6) is -0.672. The summed E-state index contributed by atoms with van der Waals surface area (Å²) in [4.78, 5) is 13.6. The lowest BCUT2D eigenvalue weighted by Crippen LogP contribution is -2.55. The molecule has 0 saturated carbocycles. The van der Waals surface area contributed by atoms with Crippen LogP contribution in [0.1, 0.15) is 33.1 Å². The number of aliphatic carboxylic acids is 1. The van der Waals surface area contributed by atoms with Gasteiger partial charge in [0.1, 0.15) is 5.54 Å². The summed E-state index contributed by atoms with van der Waals surface area (Å²) in [6.45, 7) is 7.56. The van der Waals surface area contributed by atoms with Crippen molar-refractivity contribution in [2.24, 2.45) is 0 Å². The first-order chi connectivity index (χ1) is 7.17. The Morgan fingerprint density at radius 1 is 1.33 bits per heavy atom. The molecular formula is C11H22N2O2. The average molecular weight is 214 g/mol. The Morgan fingerprint density at radius 2 is 2.00 bits per heavy atom. The van der Waals surface area contributed by atoms with Crippen molar-refractivity contribution in [2.45, 2.75) is 38.6 Å². The van der Waals surface area contributed by atoms with Gasteiger partial charge in [-0.3, -0.25) is 9.69 Å². The molecular weight excluding hydrogens is 192 g/mol. The zero-order valence-corrected chi connectivity index (χ0v) is 9.75. The van der Waals surface area contributed by atoms with Crippen molar-refractivity contribution in [2.75, 3.05) is 26.2 Å². The van der Waals surface area contributed by atoms with Gasteiger partial charge in [0.25, 0.3) is 0 Å². The highest BCUT2D eigenvalue weighted by Crippen LogP contribution is 2.25. The Balaban J connectivity index is 2.81. The van der Waals surface area contributed by atoms with E-state index in [-0.39, 0.29) is 0 Å². The van der Waals surface area contributed by atoms with Crippen LogP contribution in [0.3, 0.4) is 0 Å². The maximum Gasteiger partial charge on any atom is 0.324 e. The molecule has 2 N–H and O–H groups in total. The van der Waals surface area contributed by atoms with Crippen LogP contribution in [0.15, 0.2) is 0 Å². The Labute approximate surface area is 91.6 Å². The summed E-state index contributed by atoms with van der Waals surface area (Å²) in [6, 6.07) is 0. The van der Waals surface area contributed by atoms with Crippen LogP contribution < -0.4 is 5.32 Å². The number of carboxylic acid groups (broad SMARTS) is 1. The van der Waals surface area contributed by atoms with E-state index in [1.54, 1.807) is 0 Å². The third kappa shape index (κ3) is 2.49. The molecule has 88 valence electrons. The van der Waals surface area contributed by atoms with Gasteiger partial charge in [0, 0.05) is 19.6 Å². The second-order valence-electron chi connectivity index (χ2n) is 4.13. The molecule has 4 heteroatoms. The monoisotopic (exact) mass is 214 g/mol. The van der Waals surface area contributed by atoms with Crippen molar-refractivity contribution in [1.29, 1.82) is 0 Å². The quantitative estimate of drug-likeness (QED) is 0.731. The largest absolute Gasteiger partial charge is 0.480 e. The van der Waals surface area contributed by atoms with Crippen LogP contribution in [-0.2, 0) is 4.79 Å². The Morgan fingerprint density at radius 3 is 2.53 bits per heavy atom. The van der Waals surface area contributed by atoms with Gasteiger partial charge in [0.2, 0.25) is 0 Å². The first kappa shape index (κ1) is 12.5. The second kappa shape index (κ2) is 5.47. The molecule has 0 spiro atoms. The number of rotatable bonds is 4. The molecule has 0 bridgehead atoms. The van der Waals surface area contributed by atoms with E-state index in [0.29, 0.717) is 12.8 Å². The molecule has 1 heterocycles. The van der Waals surface area contributed by atoms with Crippen LogP contribution in [0.2, 0.25) is 0 Å². The maximum absolute atomic E-state index is 11.4. The molecule has 0 aromatic carbocycles. The van der Waals surface area contributed by atoms with Gasteiger partial charge in [-0.25, -0.2) is 0 Å². The summed E-state index contributed by atoms with van der Waals surface area (Å²) in [6.07, 6.45) is 2.40. The normalized spacial score (nSPS) is 19.9. The lowest BCUT2D eigenvalue weighted by atomic mass is 9.90. The summed E-state index contributed by atoms with van der Waals surface area (Å²) < 4.78 is 0. The molecule has 0 aromatic heterocycles. The summed E-state index contributed by atoms with van der Waals surface area (Å²) in [7, 11) is 0. The molecule has 0 aliphatic carbocycles. The van der Waals surface area contributed by atoms with Crippen molar-refractivity contribution in [1.82, 2.24) is 10.2 Å². The fourth-order valence-corrected chi connectivity index (χ4v) is 2.41. The van der Waals surface area contributed by atoms with E-state index in [9.17, 15) is 9.90 Å². The molecule has 0 atom stereocenters. The predicted octanol–water partition coefficient (Wildman–Crippen LogP) is 0.925. The average Bonchev–Trinajstić information content (AvgIpc) is 2.49. The van der Waals surface area contributed by atoms with Gasteiger partial charge < -0.3 is 10.4 Å². The van der Waals surface area contributed by atoms with Crippen LogP contribution in [0, 0.1) is 0 Å². The number of carbonyl (C=O) groups is 1. The van der Waals surface area contributed by atoms with Crippen LogP contribution in [0.5, 0.6) is 0 Å². The van der Waals surface area contributed by atoms with E-state index in [2.05, 4.69) is 10.2 Å². The molecule has 0 aromatic rings. The van der Waals surface area contributed by atoms with E-state index < -0.39 is 11.5 Å². The third-order valence-corrected chi connectivity index (χ3v) is 3.51. The molecule has 1 aliphatic heterocycles. The van der Waals surface area contributed by atoms with Crippen molar-refractivity contribution in [3.8, 4) is 0 Å². The predicted molar refractivity (Wildman–Crippen MR) is 60.0 cm³/mol. The van der Waals surface area contributed by atoms with Gasteiger partial charge >= 0.3 is 5.97 Å². The minimum atomic E-state index is -0.672. The molecule has 1 saturated heterocycles. The molecule has 1 fully saturated rings. The summed E-state index contributed by atoms with van der Waals surface area (Å²) in [5.41, 5.74) is -0.647.